The Hall–Kier alpha value is -0.340. The summed E-state index contributed by atoms with van der Waals surface area (Å²) in [6, 6.07) is 0. The fraction of sp³-hybridized carbons (Fsp3) is 0.882. The fourth-order valence-electron chi connectivity index (χ4n) is 4.57. The van der Waals surface area contributed by atoms with Crippen LogP contribution in [0.4, 0.5) is 0 Å². The minimum Gasteiger partial charge on any atom is -0.396 e. The highest BCUT2D eigenvalue weighted by Gasteiger charge is 2.49. The SMILES string of the molecule is CC(C)(CO)[C@@H]1O[C@H]2CCCC[C@@H]2[C@H]2C=CCC[C@@H]21. The fourth-order valence-corrected chi connectivity index (χ4v) is 4.57. The van der Waals surface area contributed by atoms with Crippen molar-refractivity contribution in [3.05, 3.63) is 12.2 Å². The zero-order valence-electron chi connectivity index (χ0n) is 12.3. The van der Waals surface area contributed by atoms with E-state index in [9.17, 15) is 5.11 Å². The van der Waals surface area contributed by atoms with Crippen molar-refractivity contribution in [3.63, 3.8) is 0 Å². The number of hydrogen-bond acceptors (Lipinski definition) is 2. The van der Waals surface area contributed by atoms with Crippen molar-refractivity contribution in [1.82, 2.24) is 0 Å². The lowest BCUT2D eigenvalue weighted by Gasteiger charge is -2.53. The molecule has 2 nitrogen and oxygen atoms in total. The van der Waals surface area contributed by atoms with Crippen molar-refractivity contribution in [2.24, 2.45) is 23.2 Å². The highest BCUT2D eigenvalue weighted by molar-refractivity contribution is 5.08. The lowest BCUT2D eigenvalue weighted by atomic mass is 9.62. The second-order valence-corrected chi connectivity index (χ2v) is 7.44. The van der Waals surface area contributed by atoms with E-state index in [2.05, 4.69) is 26.0 Å². The van der Waals surface area contributed by atoms with Gasteiger partial charge < -0.3 is 9.84 Å². The molecule has 1 N–H and O–H groups in total. The van der Waals surface area contributed by atoms with Gasteiger partial charge in [0.2, 0.25) is 0 Å². The van der Waals surface area contributed by atoms with Crippen LogP contribution in [0.1, 0.15) is 52.4 Å². The highest BCUT2D eigenvalue weighted by atomic mass is 16.5. The van der Waals surface area contributed by atoms with Gasteiger partial charge in [-0.1, -0.05) is 38.8 Å². The van der Waals surface area contributed by atoms with Crippen LogP contribution in [0.5, 0.6) is 0 Å². The Bertz CT molecular complexity index is 347. The summed E-state index contributed by atoms with van der Waals surface area (Å²) in [5.74, 6) is 2.05. The third-order valence-electron chi connectivity index (χ3n) is 5.66. The summed E-state index contributed by atoms with van der Waals surface area (Å²) >= 11 is 0. The third-order valence-corrected chi connectivity index (χ3v) is 5.66. The molecule has 0 bridgehead atoms. The third kappa shape index (κ3) is 2.38. The van der Waals surface area contributed by atoms with Crippen molar-refractivity contribution >= 4 is 0 Å². The molecule has 1 aliphatic heterocycles. The number of allylic oxidation sites excluding steroid dienone is 2. The van der Waals surface area contributed by atoms with Gasteiger partial charge in [0.15, 0.2) is 0 Å². The Labute approximate surface area is 117 Å². The van der Waals surface area contributed by atoms with Crippen LogP contribution < -0.4 is 0 Å². The molecule has 1 saturated carbocycles. The number of aliphatic hydroxyl groups excluding tert-OH is 1. The van der Waals surface area contributed by atoms with Gasteiger partial charge in [0.25, 0.3) is 0 Å². The molecule has 0 amide bonds. The van der Waals surface area contributed by atoms with E-state index in [1.54, 1.807) is 0 Å². The molecule has 3 aliphatic rings. The van der Waals surface area contributed by atoms with Gasteiger partial charge in [-0.05, 0) is 43.4 Å². The summed E-state index contributed by atoms with van der Waals surface area (Å²) < 4.78 is 6.52. The smallest absolute Gasteiger partial charge is 0.0685 e. The van der Waals surface area contributed by atoms with Crippen LogP contribution in [0, 0.1) is 23.2 Å². The number of fused-ring (bicyclic) bond motifs is 3. The summed E-state index contributed by atoms with van der Waals surface area (Å²) in [6.45, 7) is 4.55. The molecule has 2 heteroatoms. The first-order valence-corrected chi connectivity index (χ1v) is 8.06. The molecule has 0 radical (unpaired) electrons. The van der Waals surface area contributed by atoms with Crippen molar-refractivity contribution in [3.8, 4) is 0 Å². The Kier molecular flexibility index (Phi) is 3.74. The predicted molar refractivity (Wildman–Crippen MR) is 76.8 cm³/mol. The molecule has 3 rings (SSSR count). The molecule has 0 unspecified atom stereocenters. The summed E-state index contributed by atoms with van der Waals surface area (Å²) in [6.07, 6.45) is 13.2. The Morgan fingerprint density at radius 2 is 1.95 bits per heavy atom. The molecule has 2 aliphatic carbocycles. The largest absolute Gasteiger partial charge is 0.396 e. The molecule has 1 heterocycles. The first kappa shape index (κ1) is 13.6. The zero-order chi connectivity index (χ0) is 13.5. The van der Waals surface area contributed by atoms with Gasteiger partial charge in [-0.15, -0.1) is 0 Å². The lowest BCUT2D eigenvalue weighted by Crippen LogP contribution is -2.54. The van der Waals surface area contributed by atoms with Gasteiger partial charge in [0.1, 0.15) is 0 Å². The summed E-state index contributed by atoms with van der Waals surface area (Å²) in [5.41, 5.74) is -0.115. The maximum atomic E-state index is 9.73. The van der Waals surface area contributed by atoms with Gasteiger partial charge in [-0.2, -0.15) is 0 Å². The van der Waals surface area contributed by atoms with Gasteiger partial charge in [0.05, 0.1) is 18.8 Å². The van der Waals surface area contributed by atoms with Crippen LogP contribution in [-0.4, -0.2) is 23.9 Å². The van der Waals surface area contributed by atoms with E-state index in [0.717, 1.165) is 5.92 Å². The number of ether oxygens (including phenoxy) is 1. The number of rotatable bonds is 2. The van der Waals surface area contributed by atoms with E-state index < -0.39 is 0 Å². The molecule has 108 valence electrons. The molecule has 0 aromatic rings. The maximum Gasteiger partial charge on any atom is 0.0685 e. The summed E-state index contributed by atoms with van der Waals surface area (Å²) in [5, 5.41) is 9.73. The Balaban J connectivity index is 1.88. The first-order chi connectivity index (χ1) is 9.13. The van der Waals surface area contributed by atoms with Gasteiger partial charge in [0, 0.05) is 5.41 Å². The normalized spacial score (nSPS) is 42.6. The predicted octanol–water partition coefficient (Wildman–Crippen LogP) is 3.54. The number of aliphatic hydroxyl groups is 1. The van der Waals surface area contributed by atoms with E-state index in [1.807, 2.05) is 0 Å². The Morgan fingerprint density at radius 3 is 2.74 bits per heavy atom. The highest BCUT2D eigenvalue weighted by Crippen LogP contribution is 2.50. The van der Waals surface area contributed by atoms with Crippen LogP contribution in [0.3, 0.4) is 0 Å². The average Bonchev–Trinajstić information content (AvgIpc) is 2.46. The molecule has 2 fully saturated rings. The zero-order valence-corrected chi connectivity index (χ0v) is 12.3. The van der Waals surface area contributed by atoms with Gasteiger partial charge >= 0.3 is 0 Å². The van der Waals surface area contributed by atoms with Crippen LogP contribution >= 0.6 is 0 Å². The lowest BCUT2D eigenvalue weighted by molar-refractivity contribution is -0.195. The van der Waals surface area contributed by atoms with E-state index in [4.69, 9.17) is 4.74 Å². The van der Waals surface area contributed by atoms with Crippen molar-refractivity contribution in [2.75, 3.05) is 6.61 Å². The second-order valence-electron chi connectivity index (χ2n) is 7.44. The van der Waals surface area contributed by atoms with Crippen LogP contribution in [0.25, 0.3) is 0 Å². The molecule has 0 aromatic heterocycles. The van der Waals surface area contributed by atoms with Gasteiger partial charge in [-0.25, -0.2) is 0 Å². The summed E-state index contributed by atoms with van der Waals surface area (Å²) in [7, 11) is 0. The summed E-state index contributed by atoms with van der Waals surface area (Å²) in [4.78, 5) is 0. The molecule has 0 aromatic carbocycles. The quantitative estimate of drug-likeness (QED) is 0.773. The minimum atomic E-state index is -0.115. The first-order valence-electron chi connectivity index (χ1n) is 8.06. The number of hydrogen-bond donors (Lipinski definition) is 1. The van der Waals surface area contributed by atoms with Crippen LogP contribution in [0.15, 0.2) is 12.2 Å². The standard InChI is InChI=1S/C17H28O2/c1-17(2,11-18)16-14-9-4-3-7-12(14)13-8-5-6-10-15(13)19-16/h3,7,12-16,18H,4-6,8-11H2,1-2H3/t12-,13-,14+,15+,16-/m1/s1. The van der Waals surface area contributed by atoms with Crippen molar-refractivity contribution < 1.29 is 9.84 Å². The van der Waals surface area contributed by atoms with Gasteiger partial charge in [-0.3, -0.25) is 0 Å². The maximum absolute atomic E-state index is 9.73. The minimum absolute atomic E-state index is 0.115. The molecular weight excluding hydrogens is 236 g/mol. The average molecular weight is 264 g/mol. The van der Waals surface area contributed by atoms with Crippen molar-refractivity contribution in [1.29, 1.82) is 0 Å². The van der Waals surface area contributed by atoms with E-state index in [-0.39, 0.29) is 18.1 Å². The monoisotopic (exact) mass is 264 g/mol. The van der Waals surface area contributed by atoms with E-state index in [0.29, 0.717) is 17.9 Å². The topological polar surface area (TPSA) is 29.5 Å². The van der Waals surface area contributed by atoms with Crippen LogP contribution in [-0.2, 0) is 4.74 Å². The Morgan fingerprint density at radius 1 is 1.16 bits per heavy atom. The molecule has 19 heavy (non-hydrogen) atoms. The molecule has 0 spiro atoms. The molecule has 5 atom stereocenters. The van der Waals surface area contributed by atoms with Crippen LogP contribution in [0.2, 0.25) is 0 Å². The second kappa shape index (κ2) is 5.21. The van der Waals surface area contributed by atoms with E-state index >= 15 is 0 Å². The molecule has 1 saturated heterocycles. The van der Waals surface area contributed by atoms with Crippen molar-refractivity contribution in [2.45, 2.75) is 64.6 Å². The van der Waals surface area contributed by atoms with E-state index in [1.165, 1.54) is 38.5 Å². The molecular formula is C17H28O2.